The molecule has 1 aromatic carbocycles. The lowest BCUT2D eigenvalue weighted by Crippen LogP contribution is -2.60. The Labute approximate surface area is 173 Å². The average Bonchev–Trinajstić information content (AvgIpc) is 2.87. The molecule has 0 unspecified atom stereocenters. The van der Waals surface area contributed by atoms with Gasteiger partial charge in [0.1, 0.15) is 18.2 Å². The summed E-state index contributed by atoms with van der Waals surface area (Å²) in [5.41, 5.74) is 0.550. The van der Waals surface area contributed by atoms with E-state index in [0.29, 0.717) is 12.0 Å². The summed E-state index contributed by atoms with van der Waals surface area (Å²) >= 11 is 0. The molecule has 6 nitrogen and oxygen atoms in total. The van der Waals surface area contributed by atoms with Crippen LogP contribution in [0.25, 0.3) is 0 Å². The first kappa shape index (κ1) is 23.1. The largest absolute Gasteiger partial charge is 0.368 e. The first-order chi connectivity index (χ1) is 13.3. The summed E-state index contributed by atoms with van der Waals surface area (Å²) in [5, 5.41) is 5.66. The maximum atomic E-state index is 12.9. The van der Waals surface area contributed by atoms with Crippen LogP contribution in [0, 0.1) is 5.92 Å². The first-order valence-electron chi connectivity index (χ1n) is 10.2. The Bertz CT molecular complexity index is 764. The highest BCUT2D eigenvalue weighted by molar-refractivity contribution is 6.00. The van der Waals surface area contributed by atoms with Gasteiger partial charge >= 0.3 is 0 Å². The van der Waals surface area contributed by atoms with Crippen molar-refractivity contribution >= 4 is 17.6 Å². The molecule has 0 spiro atoms. The maximum Gasteiger partial charge on any atom is 0.251 e. The van der Waals surface area contributed by atoms with Gasteiger partial charge in [-0.25, -0.2) is 0 Å². The molecule has 0 aliphatic carbocycles. The summed E-state index contributed by atoms with van der Waals surface area (Å²) in [4.78, 5) is 37.9. The van der Waals surface area contributed by atoms with Crippen LogP contribution in [-0.4, -0.2) is 41.9 Å². The van der Waals surface area contributed by atoms with Crippen molar-refractivity contribution in [2.75, 3.05) is 6.61 Å². The van der Waals surface area contributed by atoms with E-state index in [1.165, 1.54) is 0 Å². The molecule has 29 heavy (non-hydrogen) atoms. The van der Waals surface area contributed by atoms with Crippen LogP contribution in [0.15, 0.2) is 24.3 Å². The van der Waals surface area contributed by atoms with Gasteiger partial charge in [0.15, 0.2) is 5.78 Å². The predicted molar refractivity (Wildman–Crippen MR) is 113 cm³/mol. The van der Waals surface area contributed by atoms with Crippen molar-refractivity contribution in [3.63, 3.8) is 0 Å². The number of amides is 2. The molecule has 0 saturated carbocycles. The van der Waals surface area contributed by atoms with Crippen molar-refractivity contribution in [3.05, 3.63) is 35.4 Å². The van der Waals surface area contributed by atoms with Gasteiger partial charge in [0.05, 0.1) is 6.10 Å². The first-order valence-corrected chi connectivity index (χ1v) is 10.2. The highest BCUT2D eigenvalue weighted by atomic mass is 16.5. The highest BCUT2D eigenvalue weighted by Crippen LogP contribution is 2.23. The second-order valence-corrected chi connectivity index (χ2v) is 9.55. The fourth-order valence-corrected chi connectivity index (χ4v) is 3.32. The molecule has 1 saturated heterocycles. The van der Waals surface area contributed by atoms with Gasteiger partial charge in [0.25, 0.3) is 5.91 Å². The van der Waals surface area contributed by atoms with E-state index in [1.54, 1.807) is 26.0 Å². The van der Waals surface area contributed by atoms with Crippen molar-refractivity contribution in [1.29, 1.82) is 0 Å². The minimum Gasteiger partial charge on any atom is -0.368 e. The predicted octanol–water partition coefficient (Wildman–Crippen LogP) is 2.99. The molecular weight excluding hydrogens is 368 g/mol. The third-order valence-corrected chi connectivity index (χ3v) is 5.58. The summed E-state index contributed by atoms with van der Waals surface area (Å²) < 4.78 is 5.38. The Morgan fingerprint density at radius 3 is 2.24 bits per heavy atom. The van der Waals surface area contributed by atoms with Crippen LogP contribution >= 0.6 is 0 Å². The second-order valence-electron chi connectivity index (χ2n) is 9.55. The van der Waals surface area contributed by atoms with E-state index >= 15 is 0 Å². The Balaban J connectivity index is 2.14. The number of Topliss-reactive ketones (excluding diaryl/α,β-unsaturated/α-hetero) is 1. The summed E-state index contributed by atoms with van der Waals surface area (Å²) in [5.74, 6) is -0.647. The topological polar surface area (TPSA) is 84.5 Å². The number of ether oxygens (including phenoxy) is 1. The monoisotopic (exact) mass is 402 g/mol. The van der Waals surface area contributed by atoms with Crippen molar-refractivity contribution in [1.82, 2.24) is 10.6 Å². The minimum atomic E-state index is -1.08. The number of ketones is 1. The molecule has 2 rings (SSSR count). The van der Waals surface area contributed by atoms with E-state index in [1.807, 2.05) is 26.0 Å². The molecule has 0 radical (unpaired) electrons. The molecule has 1 aliphatic heterocycles. The van der Waals surface area contributed by atoms with Crippen LogP contribution in [0.2, 0.25) is 0 Å². The van der Waals surface area contributed by atoms with Crippen LogP contribution in [0.1, 0.15) is 70.8 Å². The smallest absolute Gasteiger partial charge is 0.251 e. The Morgan fingerprint density at radius 2 is 1.79 bits per heavy atom. The molecular formula is C23H34N2O4. The van der Waals surface area contributed by atoms with E-state index in [2.05, 4.69) is 31.4 Å². The van der Waals surface area contributed by atoms with Crippen molar-refractivity contribution < 1.29 is 19.1 Å². The van der Waals surface area contributed by atoms with E-state index in [4.69, 9.17) is 4.74 Å². The summed E-state index contributed by atoms with van der Waals surface area (Å²) in [7, 11) is 0. The number of hydrogen-bond donors (Lipinski definition) is 2. The van der Waals surface area contributed by atoms with Gasteiger partial charge in [-0.15, -0.1) is 0 Å². The van der Waals surface area contributed by atoms with Gasteiger partial charge in [0.2, 0.25) is 5.91 Å². The van der Waals surface area contributed by atoms with Crippen molar-refractivity contribution in [2.45, 2.75) is 78.0 Å². The number of nitrogens with one attached hydrogen (secondary N) is 2. The fraction of sp³-hybridized carbons (Fsp3) is 0.609. The zero-order chi connectivity index (χ0) is 22.0. The molecule has 3 atom stereocenters. The van der Waals surface area contributed by atoms with Crippen LogP contribution in [0.4, 0.5) is 0 Å². The third kappa shape index (κ3) is 5.44. The lowest BCUT2D eigenvalue weighted by molar-refractivity contribution is -0.130. The van der Waals surface area contributed by atoms with Gasteiger partial charge in [-0.1, -0.05) is 46.8 Å². The zero-order valence-electron chi connectivity index (χ0n) is 18.6. The van der Waals surface area contributed by atoms with Gasteiger partial charge < -0.3 is 15.4 Å². The molecule has 2 N–H and O–H groups in total. The standard InChI is InChI=1S/C23H34N2O4/c1-14(2)12-18(21(28)25-23(7)15(3)29-13-19(23)26)24-20(27)16-8-10-17(11-9-16)22(4,5)6/h8-11,14-15,18H,12-13H2,1-7H3,(H,24,27)(H,25,28)/t15-,18+,23+/m0/s1. The molecule has 1 fully saturated rings. The summed E-state index contributed by atoms with van der Waals surface area (Å²) in [6, 6.07) is 6.69. The molecule has 6 heteroatoms. The summed E-state index contributed by atoms with van der Waals surface area (Å²) in [6.45, 7) is 13.7. The molecule has 0 bridgehead atoms. The quantitative estimate of drug-likeness (QED) is 0.766. The number of benzene rings is 1. The minimum absolute atomic E-state index is 0.00288. The van der Waals surface area contributed by atoms with Crippen LogP contribution in [0.5, 0.6) is 0 Å². The van der Waals surface area contributed by atoms with Crippen LogP contribution in [0.3, 0.4) is 0 Å². The van der Waals surface area contributed by atoms with Crippen LogP contribution in [-0.2, 0) is 19.7 Å². The molecule has 160 valence electrons. The highest BCUT2D eigenvalue weighted by Gasteiger charge is 2.47. The van der Waals surface area contributed by atoms with Crippen molar-refractivity contribution in [3.8, 4) is 0 Å². The average molecular weight is 403 g/mol. The molecule has 0 aromatic heterocycles. The van der Waals surface area contributed by atoms with E-state index in [0.717, 1.165) is 5.56 Å². The van der Waals surface area contributed by atoms with E-state index < -0.39 is 17.7 Å². The third-order valence-electron chi connectivity index (χ3n) is 5.58. The fourth-order valence-electron chi connectivity index (χ4n) is 3.32. The molecule has 2 amide bonds. The number of carbonyl (C=O) groups is 3. The molecule has 1 aromatic rings. The van der Waals surface area contributed by atoms with E-state index in [-0.39, 0.29) is 35.5 Å². The van der Waals surface area contributed by atoms with E-state index in [9.17, 15) is 14.4 Å². The molecule has 1 heterocycles. The zero-order valence-corrected chi connectivity index (χ0v) is 18.6. The number of hydrogen-bond acceptors (Lipinski definition) is 4. The SMILES string of the molecule is CC(C)C[C@@H](NC(=O)c1ccc(C(C)(C)C)cc1)C(=O)N[C@@]1(C)C(=O)CO[C@H]1C. The number of rotatable bonds is 6. The summed E-state index contributed by atoms with van der Waals surface area (Å²) in [6.07, 6.45) is 0.0521. The van der Waals surface area contributed by atoms with Gasteiger partial charge in [-0.3, -0.25) is 14.4 Å². The van der Waals surface area contributed by atoms with Gasteiger partial charge in [-0.05, 0) is 49.3 Å². The molecule has 1 aliphatic rings. The second kappa shape index (κ2) is 8.66. The Hall–Kier alpha value is -2.21. The maximum absolute atomic E-state index is 12.9. The Morgan fingerprint density at radius 1 is 1.21 bits per heavy atom. The Kier molecular flexibility index (Phi) is 6.89. The number of carbonyl (C=O) groups excluding carboxylic acids is 3. The lowest BCUT2D eigenvalue weighted by atomic mass is 9.86. The lowest BCUT2D eigenvalue weighted by Gasteiger charge is -2.30. The van der Waals surface area contributed by atoms with Crippen molar-refractivity contribution in [2.24, 2.45) is 5.92 Å². The van der Waals surface area contributed by atoms with Gasteiger partial charge in [-0.2, -0.15) is 0 Å². The van der Waals surface area contributed by atoms with Gasteiger partial charge in [0, 0.05) is 5.56 Å². The normalized spacial score (nSPS) is 23.2. The van der Waals surface area contributed by atoms with Crippen LogP contribution < -0.4 is 10.6 Å².